The minimum atomic E-state index is -3.02. The zero-order chi connectivity index (χ0) is 41.8. The molecule has 0 aromatic heterocycles. The first-order chi connectivity index (χ1) is 27.8. The van der Waals surface area contributed by atoms with E-state index in [0.29, 0.717) is 36.1 Å². The summed E-state index contributed by atoms with van der Waals surface area (Å²) in [5.41, 5.74) is 8.68. The molecule has 3 aromatic carbocycles. The highest BCUT2D eigenvalue weighted by molar-refractivity contribution is 6.03. The number of piperidine rings is 1. The summed E-state index contributed by atoms with van der Waals surface area (Å²) in [6, 6.07) is 17.4. The average molecular weight is 803 g/mol. The van der Waals surface area contributed by atoms with Gasteiger partial charge >= 0.3 is 12.2 Å². The summed E-state index contributed by atoms with van der Waals surface area (Å²) in [6.07, 6.45) is 9.26. The van der Waals surface area contributed by atoms with E-state index in [1.165, 1.54) is 17.5 Å². The van der Waals surface area contributed by atoms with Gasteiger partial charge in [0.1, 0.15) is 11.2 Å². The van der Waals surface area contributed by atoms with Gasteiger partial charge in [0, 0.05) is 54.2 Å². The Kier molecular flexibility index (Phi) is 9.29. The van der Waals surface area contributed by atoms with Crippen molar-refractivity contribution in [3.05, 3.63) is 94.2 Å². The standard InChI is InChI=1S/C29H30F2N2O2.C20H26N2O2/c1-17-5-7-20-21-8-6-18(12-23(21)29(30,31)22(20)11-17)19-13-24(32-15-19)25-14-28(9-10-28)16-33(25)26(34)35-27(2,3)4;1-12-5-8-16-14(9-12)11-17(21-16)18-13-6-7-15(10-13)22(18)19(23)24-20(2,3)4/h5-8,11-12,15,25H,9-10,13-14,16H2,1-4H3;5,8-9,13,15,18H,6-7,10-11H2,1-4H3/t;13-,15+,18-/m.0/s1. The van der Waals surface area contributed by atoms with Crippen molar-refractivity contribution in [1.82, 2.24) is 9.80 Å². The molecule has 59 heavy (non-hydrogen) atoms. The Labute approximate surface area is 346 Å². The maximum absolute atomic E-state index is 15.4. The second-order valence-corrected chi connectivity index (χ2v) is 20.1. The molecule has 4 atom stereocenters. The Morgan fingerprint density at radius 1 is 0.797 bits per heavy atom. The van der Waals surface area contributed by atoms with Gasteiger partial charge in [-0.25, -0.2) is 9.59 Å². The number of nitrogens with zero attached hydrogens (tertiary/aromatic N) is 4. The molecule has 1 unspecified atom stereocenters. The van der Waals surface area contributed by atoms with Crippen LogP contribution in [0.5, 0.6) is 0 Å². The highest BCUT2D eigenvalue weighted by Crippen LogP contribution is 2.56. The second kappa shape index (κ2) is 13.8. The van der Waals surface area contributed by atoms with Gasteiger partial charge in [-0.2, -0.15) is 8.78 Å². The van der Waals surface area contributed by atoms with Crippen molar-refractivity contribution in [1.29, 1.82) is 0 Å². The van der Waals surface area contributed by atoms with Gasteiger partial charge in [0.2, 0.25) is 0 Å². The smallest absolute Gasteiger partial charge is 0.411 e. The van der Waals surface area contributed by atoms with Crippen molar-refractivity contribution >= 4 is 34.9 Å². The van der Waals surface area contributed by atoms with Crippen molar-refractivity contribution in [2.45, 2.75) is 142 Å². The Balaban J connectivity index is 0.000000163. The van der Waals surface area contributed by atoms with Crippen molar-refractivity contribution in [3.8, 4) is 11.1 Å². The Bertz CT molecular complexity index is 2350. The number of amides is 2. The quantitative estimate of drug-likeness (QED) is 0.264. The van der Waals surface area contributed by atoms with Crippen molar-refractivity contribution in [2.75, 3.05) is 6.54 Å². The highest BCUT2D eigenvalue weighted by Gasteiger charge is 2.56. The number of carbonyl (C=O) groups is 2. The number of ether oxygens (including phenoxy) is 2. The summed E-state index contributed by atoms with van der Waals surface area (Å²) in [4.78, 5) is 39.2. The number of hydrogen-bond donors (Lipinski definition) is 0. The van der Waals surface area contributed by atoms with E-state index in [4.69, 9.17) is 19.5 Å². The Morgan fingerprint density at radius 3 is 2.17 bits per heavy atom. The predicted molar refractivity (Wildman–Crippen MR) is 228 cm³/mol. The normalized spacial score (nSPS) is 25.2. The third kappa shape index (κ3) is 7.39. The van der Waals surface area contributed by atoms with Gasteiger partial charge in [0.25, 0.3) is 5.92 Å². The molecule has 1 spiro atoms. The monoisotopic (exact) mass is 802 g/mol. The van der Waals surface area contributed by atoms with E-state index in [1.54, 1.807) is 30.5 Å². The first kappa shape index (κ1) is 39.6. The number of carbonyl (C=O) groups excluding carboxylic acids is 2. The van der Waals surface area contributed by atoms with Crippen LogP contribution >= 0.6 is 0 Å². The van der Waals surface area contributed by atoms with Crippen LogP contribution in [0.1, 0.15) is 120 Å². The van der Waals surface area contributed by atoms with Crippen LogP contribution in [-0.2, 0) is 21.8 Å². The first-order valence-corrected chi connectivity index (χ1v) is 21.4. The molecule has 0 radical (unpaired) electrons. The molecule has 2 saturated heterocycles. The van der Waals surface area contributed by atoms with Crippen molar-refractivity contribution in [3.63, 3.8) is 0 Å². The molecule has 4 heterocycles. The highest BCUT2D eigenvalue weighted by atomic mass is 19.3. The summed E-state index contributed by atoms with van der Waals surface area (Å²) >= 11 is 0. The predicted octanol–water partition coefficient (Wildman–Crippen LogP) is 11.5. The molecule has 2 amide bonds. The molecule has 3 aliphatic carbocycles. The number of alkyl halides is 2. The van der Waals surface area contributed by atoms with E-state index in [-0.39, 0.29) is 40.8 Å². The van der Waals surface area contributed by atoms with Crippen molar-refractivity contribution < 1.29 is 27.8 Å². The van der Waals surface area contributed by atoms with E-state index in [1.807, 2.05) is 70.4 Å². The molecule has 4 aliphatic heterocycles. The van der Waals surface area contributed by atoms with E-state index in [2.05, 4.69) is 25.1 Å². The number of aliphatic imine (C=N–C) groups is 2. The lowest BCUT2D eigenvalue weighted by molar-refractivity contribution is 0.0141. The van der Waals surface area contributed by atoms with Gasteiger partial charge in [-0.1, -0.05) is 47.5 Å². The van der Waals surface area contributed by atoms with Crippen LogP contribution in [0, 0.1) is 25.2 Å². The maximum Gasteiger partial charge on any atom is 0.411 e. The van der Waals surface area contributed by atoms with Crippen LogP contribution in [0.3, 0.4) is 0 Å². The molecule has 4 fully saturated rings. The minimum absolute atomic E-state index is 0.0538. The molecular formula is C49H56F2N4O4. The van der Waals surface area contributed by atoms with E-state index >= 15 is 8.78 Å². The number of rotatable bonds is 3. The SMILES string of the molecule is Cc1ccc2c(c1)C(F)(F)c1cc(C3=CN=C(C4CC5(CC5)CN4C(=O)OC(C)(C)C)C3)ccc1-2.Cc1ccc2c(c1)CC([C@@H]1[C@H]3CC[C@H](C3)N1C(=O)OC(C)(C)C)=N2. The molecule has 10 heteroatoms. The van der Waals surface area contributed by atoms with Gasteiger partial charge in [-0.15, -0.1) is 0 Å². The summed E-state index contributed by atoms with van der Waals surface area (Å²) in [6.45, 7) is 16.1. The maximum atomic E-state index is 15.4. The summed E-state index contributed by atoms with van der Waals surface area (Å²) < 4.78 is 42.1. The fourth-order valence-corrected chi connectivity index (χ4v) is 10.3. The lowest BCUT2D eigenvalue weighted by Crippen LogP contribution is -2.50. The molecule has 2 bridgehead atoms. The van der Waals surface area contributed by atoms with E-state index < -0.39 is 17.1 Å². The number of likely N-dealkylation sites (tertiary alicyclic amines) is 2. The Morgan fingerprint density at radius 2 is 1.46 bits per heavy atom. The lowest BCUT2D eigenvalue weighted by Gasteiger charge is -2.36. The number of benzene rings is 3. The second-order valence-electron chi connectivity index (χ2n) is 20.1. The van der Waals surface area contributed by atoms with Crippen LogP contribution < -0.4 is 0 Å². The molecule has 10 rings (SSSR count). The molecule has 310 valence electrons. The third-order valence-electron chi connectivity index (χ3n) is 13.2. The van der Waals surface area contributed by atoms with Gasteiger partial charge in [0.15, 0.2) is 0 Å². The topological polar surface area (TPSA) is 83.8 Å². The lowest BCUT2D eigenvalue weighted by atomic mass is 9.92. The van der Waals surface area contributed by atoms with Gasteiger partial charge in [-0.3, -0.25) is 19.8 Å². The van der Waals surface area contributed by atoms with E-state index in [9.17, 15) is 9.59 Å². The van der Waals surface area contributed by atoms with Crippen LogP contribution in [0.4, 0.5) is 24.1 Å². The molecule has 7 aliphatic rings. The van der Waals surface area contributed by atoms with Crippen LogP contribution in [0.15, 0.2) is 70.8 Å². The summed E-state index contributed by atoms with van der Waals surface area (Å²) in [5, 5.41) is 0. The largest absolute Gasteiger partial charge is 0.444 e. The van der Waals surface area contributed by atoms with Crippen LogP contribution in [0.2, 0.25) is 0 Å². The minimum Gasteiger partial charge on any atom is -0.444 e. The molecular weight excluding hydrogens is 747 g/mol. The van der Waals surface area contributed by atoms with Gasteiger partial charge < -0.3 is 9.47 Å². The molecule has 3 aromatic rings. The first-order valence-electron chi connectivity index (χ1n) is 21.4. The molecule has 0 N–H and O–H groups in total. The van der Waals surface area contributed by atoms with Crippen molar-refractivity contribution in [2.24, 2.45) is 21.3 Å². The van der Waals surface area contributed by atoms with Gasteiger partial charge in [-0.05, 0) is 151 Å². The number of fused-ring (bicyclic) bond motifs is 6. The average Bonchev–Trinajstić information content (AvgIpc) is 3.79. The summed E-state index contributed by atoms with van der Waals surface area (Å²) in [7, 11) is 0. The zero-order valence-electron chi connectivity index (χ0n) is 35.6. The zero-order valence-corrected chi connectivity index (χ0v) is 35.6. The number of hydrogen-bond acceptors (Lipinski definition) is 6. The van der Waals surface area contributed by atoms with Gasteiger partial charge in [0.05, 0.1) is 17.8 Å². The number of halogens is 2. The Hall–Kier alpha value is -4.86. The van der Waals surface area contributed by atoms with Crippen LogP contribution in [-0.4, -0.2) is 69.3 Å². The van der Waals surface area contributed by atoms with E-state index in [0.717, 1.165) is 72.3 Å². The fraction of sp³-hybridized carbons (Fsp3) is 0.510. The third-order valence-corrected chi connectivity index (χ3v) is 13.2. The van der Waals surface area contributed by atoms with Crippen LogP contribution in [0.25, 0.3) is 16.7 Å². The molecule has 8 nitrogen and oxygen atoms in total. The fourth-order valence-electron chi connectivity index (χ4n) is 10.3. The number of allylic oxidation sites excluding steroid dienone is 1. The molecule has 2 saturated carbocycles. The number of aryl methyl sites for hydroxylation is 2. The summed E-state index contributed by atoms with van der Waals surface area (Å²) in [5.74, 6) is -2.48.